The molecule has 0 aliphatic heterocycles. The Kier molecular flexibility index (Phi) is 6.73. The number of H-pyrrole nitrogens is 1. The van der Waals surface area contributed by atoms with E-state index in [1.165, 1.54) is 23.0 Å². The number of carbonyl (C=O) groups excluding carboxylic acids is 1. The lowest BCUT2D eigenvalue weighted by Crippen LogP contribution is -2.32. The number of benzene rings is 3. The first-order chi connectivity index (χ1) is 19.5. The van der Waals surface area contributed by atoms with Crippen LogP contribution in [-0.4, -0.2) is 31.7 Å². The highest BCUT2D eigenvalue weighted by molar-refractivity contribution is 5.99. The SMILES string of the molecule is Cn1ncc(-c2cc(C#N)c3c(=O)[nH]nc(CNC(=O)OC(C)(C)C)c3c2)c1-c1c(F)cc2ccccc2c1C#N. The molecular weight excluding hydrogens is 525 g/mol. The molecule has 0 fully saturated rings. The van der Waals surface area contributed by atoms with Crippen molar-refractivity contribution in [2.75, 3.05) is 0 Å². The highest BCUT2D eigenvalue weighted by Crippen LogP contribution is 2.39. The molecule has 3 aromatic carbocycles. The molecule has 0 aliphatic rings. The Labute approximate surface area is 233 Å². The number of hydrogen-bond acceptors (Lipinski definition) is 7. The molecule has 2 N–H and O–H groups in total. The molecule has 10 nitrogen and oxygen atoms in total. The quantitative estimate of drug-likeness (QED) is 0.318. The van der Waals surface area contributed by atoms with Gasteiger partial charge in [0.15, 0.2) is 0 Å². The number of ether oxygens (including phenoxy) is 1. The number of aryl methyl sites for hydroxylation is 1. The van der Waals surface area contributed by atoms with Crippen LogP contribution in [0.5, 0.6) is 0 Å². The van der Waals surface area contributed by atoms with Gasteiger partial charge in [0.25, 0.3) is 5.56 Å². The maximum absolute atomic E-state index is 15.7. The standard InChI is InChI=1S/C30H24FN7O3/c1-30(2,3)41-29(40)34-15-24-20-10-17(9-18(12-32)25(20)28(39)37-36-24)22-14-35-38(4)27(22)26-21(13-33)19-8-6-5-7-16(19)11-23(26)31/h5-11,14H,15H2,1-4H3,(H,34,40)(H,37,39). The molecule has 11 heteroatoms. The first-order valence-electron chi connectivity index (χ1n) is 12.6. The van der Waals surface area contributed by atoms with Gasteiger partial charge in [0.05, 0.1) is 46.2 Å². The Bertz CT molecular complexity index is 2010. The number of nitrogens with zero attached hydrogens (tertiary/aromatic N) is 5. The summed E-state index contributed by atoms with van der Waals surface area (Å²) in [6, 6.07) is 15.7. The van der Waals surface area contributed by atoms with Crippen LogP contribution >= 0.6 is 0 Å². The fraction of sp³-hybridized carbons (Fsp3) is 0.200. The first-order valence-corrected chi connectivity index (χ1v) is 12.6. The highest BCUT2D eigenvalue weighted by Gasteiger charge is 2.24. The normalized spacial score (nSPS) is 11.3. The zero-order valence-corrected chi connectivity index (χ0v) is 22.7. The van der Waals surface area contributed by atoms with Crippen molar-refractivity contribution in [3.63, 3.8) is 0 Å². The molecule has 0 unspecified atom stereocenters. The minimum Gasteiger partial charge on any atom is -0.444 e. The molecule has 2 heterocycles. The molecule has 0 aliphatic carbocycles. The smallest absolute Gasteiger partial charge is 0.407 e. The predicted molar refractivity (Wildman–Crippen MR) is 150 cm³/mol. The van der Waals surface area contributed by atoms with Crippen molar-refractivity contribution in [2.45, 2.75) is 32.9 Å². The highest BCUT2D eigenvalue weighted by atomic mass is 19.1. The number of aromatic nitrogens is 4. The summed E-state index contributed by atoms with van der Waals surface area (Å²) in [5, 5.41) is 35.0. The fourth-order valence-corrected chi connectivity index (χ4v) is 4.80. The minimum atomic E-state index is -0.719. The third-order valence-electron chi connectivity index (χ3n) is 6.49. The van der Waals surface area contributed by atoms with Crippen molar-refractivity contribution in [1.29, 1.82) is 10.5 Å². The van der Waals surface area contributed by atoms with Gasteiger partial charge in [-0.05, 0) is 49.9 Å². The molecule has 0 atom stereocenters. The summed E-state index contributed by atoms with van der Waals surface area (Å²) in [7, 11) is 1.63. The third-order valence-corrected chi connectivity index (χ3v) is 6.49. The predicted octanol–water partition coefficient (Wildman–Crippen LogP) is 5.05. The van der Waals surface area contributed by atoms with Gasteiger partial charge in [0, 0.05) is 23.4 Å². The van der Waals surface area contributed by atoms with Gasteiger partial charge < -0.3 is 10.1 Å². The third kappa shape index (κ3) is 4.97. The minimum absolute atomic E-state index is 0.0500. The largest absolute Gasteiger partial charge is 0.444 e. The second kappa shape index (κ2) is 10.2. The molecule has 5 rings (SSSR count). The van der Waals surface area contributed by atoms with Crippen molar-refractivity contribution < 1.29 is 13.9 Å². The molecule has 0 saturated heterocycles. The molecule has 1 amide bonds. The maximum atomic E-state index is 15.7. The topological polar surface area (TPSA) is 149 Å². The van der Waals surface area contributed by atoms with Crippen LogP contribution in [-0.2, 0) is 18.3 Å². The van der Waals surface area contributed by atoms with Crippen LogP contribution in [0.2, 0.25) is 0 Å². The lowest BCUT2D eigenvalue weighted by atomic mass is 9.92. The Hall–Kier alpha value is -5.55. The number of nitriles is 2. The summed E-state index contributed by atoms with van der Waals surface area (Å²) >= 11 is 0. The number of halogens is 1. The molecule has 2 aromatic heterocycles. The molecule has 204 valence electrons. The van der Waals surface area contributed by atoms with Gasteiger partial charge in [-0.2, -0.15) is 20.7 Å². The van der Waals surface area contributed by atoms with E-state index in [2.05, 4.69) is 32.8 Å². The summed E-state index contributed by atoms with van der Waals surface area (Å²) in [6.45, 7) is 5.09. The number of hydrogen-bond donors (Lipinski definition) is 2. The average Bonchev–Trinajstić information content (AvgIpc) is 3.30. The van der Waals surface area contributed by atoms with Crippen molar-refractivity contribution in [3.05, 3.63) is 81.7 Å². The van der Waals surface area contributed by atoms with E-state index < -0.39 is 23.1 Å². The second-order valence-corrected chi connectivity index (χ2v) is 10.4. The van der Waals surface area contributed by atoms with Gasteiger partial charge in [-0.3, -0.25) is 9.48 Å². The number of alkyl carbamates (subject to hydrolysis) is 1. The lowest BCUT2D eigenvalue weighted by molar-refractivity contribution is 0.0523. The van der Waals surface area contributed by atoms with E-state index >= 15 is 4.39 Å². The van der Waals surface area contributed by atoms with E-state index in [-0.39, 0.29) is 34.3 Å². The first kappa shape index (κ1) is 27.0. The van der Waals surface area contributed by atoms with E-state index in [9.17, 15) is 20.1 Å². The molecule has 0 bridgehead atoms. The van der Waals surface area contributed by atoms with Gasteiger partial charge >= 0.3 is 6.09 Å². The molecular formula is C30H24FN7O3. The Morgan fingerprint density at radius 2 is 1.90 bits per heavy atom. The van der Waals surface area contributed by atoms with Gasteiger partial charge in [-0.1, -0.05) is 24.3 Å². The summed E-state index contributed by atoms with van der Waals surface area (Å²) in [6.07, 6.45) is 0.827. The zero-order valence-electron chi connectivity index (χ0n) is 22.7. The van der Waals surface area contributed by atoms with Crippen LogP contribution in [0.25, 0.3) is 43.9 Å². The van der Waals surface area contributed by atoms with Crippen LogP contribution in [0.3, 0.4) is 0 Å². The Morgan fingerprint density at radius 3 is 2.61 bits per heavy atom. The van der Waals surface area contributed by atoms with Crippen molar-refractivity contribution >= 4 is 27.6 Å². The van der Waals surface area contributed by atoms with Gasteiger partial charge in [-0.15, -0.1) is 0 Å². The lowest BCUT2D eigenvalue weighted by Gasteiger charge is -2.19. The number of fused-ring (bicyclic) bond motifs is 2. The van der Waals surface area contributed by atoms with Crippen molar-refractivity contribution in [3.8, 4) is 34.5 Å². The van der Waals surface area contributed by atoms with Crippen LogP contribution in [0, 0.1) is 28.5 Å². The van der Waals surface area contributed by atoms with E-state index in [4.69, 9.17) is 4.74 Å². The molecule has 0 spiro atoms. The Balaban J connectivity index is 1.71. The number of rotatable bonds is 4. The Morgan fingerprint density at radius 1 is 1.15 bits per heavy atom. The monoisotopic (exact) mass is 549 g/mol. The van der Waals surface area contributed by atoms with Crippen molar-refractivity contribution in [1.82, 2.24) is 25.3 Å². The number of carbonyl (C=O) groups is 1. The second-order valence-electron chi connectivity index (χ2n) is 10.4. The van der Waals surface area contributed by atoms with Crippen LogP contribution in [0.15, 0.2) is 53.5 Å². The summed E-state index contributed by atoms with van der Waals surface area (Å²) in [5.74, 6) is -0.605. The van der Waals surface area contributed by atoms with Gasteiger partial charge in [0.2, 0.25) is 0 Å². The van der Waals surface area contributed by atoms with E-state index in [0.29, 0.717) is 33.0 Å². The number of amides is 1. The number of nitrogens with one attached hydrogen (secondary N) is 2. The molecule has 0 saturated carbocycles. The van der Waals surface area contributed by atoms with Crippen LogP contribution in [0.4, 0.5) is 9.18 Å². The summed E-state index contributed by atoms with van der Waals surface area (Å²) in [5.41, 5.74) is 0.438. The fourth-order valence-electron chi connectivity index (χ4n) is 4.80. The van der Waals surface area contributed by atoms with Crippen LogP contribution < -0.4 is 10.9 Å². The zero-order chi connectivity index (χ0) is 29.5. The molecule has 0 radical (unpaired) electrons. The molecule has 5 aromatic rings. The van der Waals surface area contributed by atoms with Gasteiger partial charge in [-0.25, -0.2) is 14.3 Å². The van der Waals surface area contributed by atoms with Gasteiger partial charge in [0.1, 0.15) is 23.6 Å². The van der Waals surface area contributed by atoms with Crippen molar-refractivity contribution in [2.24, 2.45) is 7.05 Å². The maximum Gasteiger partial charge on any atom is 0.407 e. The van der Waals surface area contributed by atoms with Crippen LogP contribution in [0.1, 0.15) is 37.6 Å². The average molecular weight is 550 g/mol. The summed E-state index contributed by atoms with van der Waals surface area (Å²) in [4.78, 5) is 25.0. The molecule has 41 heavy (non-hydrogen) atoms. The van der Waals surface area contributed by atoms with E-state index in [1.807, 2.05) is 0 Å². The van der Waals surface area contributed by atoms with E-state index in [0.717, 1.165) is 0 Å². The van der Waals surface area contributed by atoms with E-state index in [1.54, 1.807) is 58.2 Å². The summed E-state index contributed by atoms with van der Waals surface area (Å²) < 4.78 is 22.4. The number of aromatic amines is 1.